The third-order valence-electron chi connectivity index (χ3n) is 3.58. The molecule has 1 aromatic heterocycles. The fourth-order valence-electron chi connectivity index (χ4n) is 2.16. The van der Waals surface area contributed by atoms with Gasteiger partial charge >= 0.3 is 0 Å². The zero-order chi connectivity index (χ0) is 19.2. The Balaban J connectivity index is 1.53. The SMILES string of the molecule is Cn1c(COc2ccccc2Cl)nnc1SCC(=O)Nc1ccc(I)cc1. The lowest BCUT2D eigenvalue weighted by molar-refractivity contribution is -0.113. The van der Waals surface area contributed by atoms with Gasteiger partial charge < -0.3 is 14.6 Å². The highest BCUT2D eigenvalue weighted by Crippen LogP contribution is 2.24. The highest BCUT2D eigenvalue weighted by Gasteiger charge is 2.13. The molecule has 0 bridgehead atoms. The second kappa shape index (κ2) is 9.43. The molecule has 140 valence electrons. The molecule has 0 aliphatic heterocycles. The van der Waals surface area contributed by atoms with Gasteiger partial charge in [-0.15, -0.1) is 10.2 Å². The monoisotopic (exact) mass is 514 g/mol. The molecule has 9 heteroatoms. The van der Waals surface area contributed by atoms with Gasteiger partial charge in [-0.1, -0.05) is 35.5 Å². The van der Waals surface area contributed by atoms with Gasteiger partial charge in [-0.25, -0.2) is 0 Å². The number of nitrogens with zero attached hydrogens (tertiary/aromatic N) is 3. The molecule has 0 fully saturated rings. The van der Waals surface area contributed by atoms with Crippen LogP contribution in [-0.2, 0) is 18.4 Å². The van der Waals surface area contributed by atoms with Crippen LogP contribution in [0.3, 0.4) is 0 Å². The number of rotatable bonds is 7. The number of carbonyl (C=O) groups excluding carboxylic acids is 1. The van der Waals surface area contributed by atoms with Gasteiger partial charge in [-0.2, -0.15) is 0 Å². The molecule has 3 rings (SSSR count). The number of benzene rings is 2. The van der Waals surface area contributed by atoms with Gasteiger partial charge in [0.2, 0.25) is 5.91 Å². The molecule has 0 aliphatic carbocycles. The fraction of sp³-hybridized carbons (Fsp3) is 0.167. The Hall–Kier alpha value is -1.78. The lowest BCUT2D eigenvalue weighted by atomic mass is 10.3. The molecule has 0 aliphatic rings. The van der Waals surface area contributed by atoms with E-state index < -0.39 is 0 Å². The Bertz CT molecular complexity index is 933. The molecule has 1 N–H and O–H groups in total. The lowest BCUT2D eigenvalue weighted by Gasteiger charge is -2.08. The number of amides is 1. The van der Waals surface area contributed by atoms with Gasteiger partial charge in [0.15, 0.2) is 11.0 Å². The highest BCUT2D eigenvalue weighted by molar-refractivity contribution is 14.1. The molecule has 1 amide bonds. The van der Waals surface area contributed by atoms with E-state index in [2.05, 4.69) is 38.1 Å². The summed E-state index contributed by atoms with van der Waals surface area (Å²) in [5.74, 6) is 1.38. The van der Waals surface area contributed by atoms with E-state index in [1.54, 1.807) is 16.7 Å². The summed E-state index contributed by atoms with van der Waals surface area (Å²) in [5, 5.41) is 12.3. The van der Waals surface area contributed by atoms with Crippen molar-refractivity contribution in [2.24, 2.45) is 7.05 Å². The third kappa shape index (κ3) is 5.60. The predicted molar refractivity (Wildman–Crippen MR) is 115 cm³/mol. The predicted octanol–water partition coefficient (Wildman–Crippen LogP) is 4.38. The molecule has 27 heavy (non-hydrogen) atoms. The van der Waals surface area contributed by atoms with Crippen LogP contribution in [0, 0.1) is 3.57 Å². The number of aromatic nitrogens is 3. The largest absolute Gasteiger partial charge is 0.484 e. The molecule has 3 aromatic rings. The first-order chi connectivity index (χ1) is 13.0. The molecule has 0 unspecified atom stereocenters. The minimum Gasteiger partial charge on any atom is -0.484 e. The summed E-state index contributed by atoms with van der Waals surface area (Å²) in [7, 11) is 1.84. The van der Waals surface area contributed by atoms with Gasteiger partial charge in [0.25, 0.3) is 0 Å². The van der Waals surface area contributed by atoms with Crippen LogP contribution in [-0.4, -0.2) is 26.4 Å². The molecule has 0 saturated heterocycles. The average molecular weight is 515 g/mol. The van der Waals surface area contributed by atoms with Crippen molar-refractivity contribution in [3.8, 4) is 5.75 Å². The summed E-state index contributed by atoms with van der Waals surface area (Å²) in [6, 6.07) is 14.9. The fourth-order valence-corrected chi connectivity index (χ4v) is 3.44. The van der Waals surface area contributed by atoms with Crippen molar-refractivity contribution in [1.82, 2.24) is 14.8 Å². The van der Waals surface area contributed by atoms with Crippen LogP contribution >= 0.6 is 46.0 Å². The Morgan fingerprint density at radius 2 is 1.96 bits per heavy atom. The van der Waals surface area contributed by atoms with E-state index in [0.29, 0.717) is 21.8 Å². The molecule has 1 heterocycles. The van der Waals surface area contributed by atoms with Crippen LogP contribution < -0.4 is 10.1 Å². The number of para-hydroxylation sites is 1. The van der Waals surface area contributed by atoms with Crippen molar-refractivity contribution >= 4 is 57.5 Å². The molecule has 0 spiro atoms. The second-order valence-electron chi connectivity index (χ2n) is 5.52. The van der Waals surface area contributed by atoms with Crippen molar-refractivity contribution in [2.75, 3.05) is 11.1 Å². The number of thioether (sulfide) groups is 1. The maximum Gasteiger partial charge on any atom is 0.234 e. The minimum absolute atomic E-state index is 0.0990. The first-order valence-electron chi connectivity index (χ1n) is 7.97. The number of carbonyl (C=O) groups is 1. The molecule has 0 radical (unpaired) electrons. The quantitative estimate of drug-likeness (QED) is 0.374. The summed E-state index contributed by atoms with van der Waals surface area (Å²) >= 11 is 9.62. The molecule has 0 saturated carbocycles. The number of ether oxygens (including phenoxy) is 1. The van der Waals surface area contributed by atoms with E-state index in [0.717, 1.165) is 9.26 Å². The Morgan fingerprint density at radius 1 is 1.22 bits per heavy atom. The first kappa shape index (κ1) is 20.0. The van der Waals surface area contributed by atoms with Crippen LogP contribution in [0.2, 0.25) is 5.02 Å². The maximum atomic E-state index is 12.1. The second-order valence-corrected chi connectivity index (χ2v) is 8.12. The van der Waals surface area contributed by atoms with Crippen LogP contribution in [0.15, 0.2) is 53.7 Å². The van der Waals surface area contributed by atoms with E-state index in [4.69, 9.17) is 16.3 Å². The zero-order valence-electron chi connectivity index (χ0n) is 14.4. The van der Waals surface area contributed by atoms with E-state index >= 15 is 0 Å². The molecular weight excluding hydrogens is 499 g/mol. The van der Waals surface area contributed by atoms with Crippen LogP contribution in [0.5, 0.6) is 5.75 Å². The van der Waals surface area contributed by atoms with E-state index in [1.807, 2.05) is 43.4 Å². The summed E-state index contributed by atoms with van der Waals surface area (Å²) in [4.78, 5) is 12.1. The van der Waals surface area contributed by atoms with Gasteiger partial charge in [-0.3, -0.25) is 4.79 Å². The topological polar surface area (TPSA) is 69.0 Å². The smallest absolute Gasteiger partial charge is 0.234 e. The van der Waals surface area contributed by atoms with Crippen molar-refractivity contribution in [3.63, 3.8) is 0 Å². The molecular formula is C18H16ClIN4O2S. The highest BCUT2D eigenvalue weighted by atomic mass is 127. The average Bonchev–Trinajstić information content (AvgIpc) is 3.01. The van der Waals surface area contributed by atoms with Gasteiger partial charge in [-0.05, 0) is 59.0 Å². The number of hydrogen-bond donors (Lipinski definition) is 1. The Labute approximate surface area is 179 Å². The molecule has 6 nitrogen and oxygen atoms in total. The van der Waals surface area contributed by atoms with E-state index in [1.165, 1.54) is 11.8 Å². The van der Waals surface area contributed by atoms with Crippen molar-refractivity contribution in [1.29, 1.82) is 0 Å². The molecule has 2 aromatic carbocycles. The van der Waals surface area contributed by atoms with E-state index in [9.17, 15) is 4.79 Å². The Kier molecular flexibility index (Phi) is 6.97. The van der Waals surface area contributed by atoms with Crippen LogP contribution in [0.4, 0.5) is 5.69 Å². The summed E-state index contributed by atoms with van der Waals surface area (Å²) < 4.78 is 8.61. The number of nitrogens with one attached hydrogen (secondary N) is 1. The standard InChI is InChI=1S/C18H16ClIN4O2S/c1-24-16(10-26-15-5-3-2-4-14(15)19)22-23-18(24)27-11-17(25)21-13-8-6-12(20)7-9-13/h2-9H,10-11H2,1H3,(H,21,25). The van der Waals surface area contributed by atoms with Crippen LogP contribution in [0.1, 0.15) is 5.82 Å². The number of hydrogen-bond acceptors (Lipinski definition) is 5. The van der Waals surface area contributed by atoms with Crippen molar-refractivity contribution in [2.45, 2.75) is 11.8 Å². The molecule has 0 atom stereocenters. The first-order valence-corrected chi connectivity index (χ1v) is 10.4. The van der Waals surface area contributed by atoms with Crippen LogP contribution in [0.25, 0.3) is 0 Å². The lowest BCUT2D eigenvalue weighted by Crippen LogP contribution is -2.14. The van der Waals surface area contributed by atoms with Gasteiger partial charge in [0.1, 0.15) is 12.4 Å². The van der Waals surface area contributed by atoms with Gasteiger partial charge in [0.05, 0.1) is 10.8 Å². The van der Waals surface area contributed by atoms with Gasteiger partial charge in [0, 0.05) is 16.3 Å². The van der Waals surface area contributed by atoms with E-state index in [-0.39, 0.29) is 18.3 Å². The maximum absolute atomic E-state index is 12.1. The zero-order valence-corrected chi connectivity index (χ0v) is 18.1. The summed E-state index contributed by atoms with van der Waals surface area (Å²) in [6.45, 7) is 0.239. The minimum atomic E-state index is -0.0990. The van der Waals surface area contributed by atoms with Crippen molar-refractivity contribution in [3.05, 3.63) is 62.9 Å². The number of halogens is 2. The normalized spacial score (nSPS) is 10.6. The third-order valence-corrected chi connectivity index (χ3v) is 5.63. The summed E-state index contributed by atoms with van der Waals surface area (Å²) in [6.07, 6.45) is 0. The summed E-state index contributed by atoms with van der Waals surface area (Å²) in [5.41, 5.74) is 0.771. The van der Waals surface area contributed by atoms with Crippen molar-refractivity contribution < 1.29 is 9.53 Å². The number of anilines is 1. The Morgan fingerprint density at radius 3 is 2.70 bits per heavy atom.